The molecular formula is C31H31F3N6O5S. The minimum atomic E-state index is -4.77. The Labute approximate surface area is 267 Å². The van der Waals surface area contributed by atoms with Crippen LogP contribution in [0.3, 0.4) is 0 Å². The third kappa shape index (κ3) is 8.09. The first kappa shape index (κ1) is 32.6. The van der Waals surface area contributed by atoms with Crippen molar-refractivity contribution in [1.29, 1.82) is 0 Å². The summed E-state index contributed by atoms with van der Waals surface area (Å²) >= 11 is 1.20. The summed E-state index contributed by atoms with van der Waals surface area (Å²) in [7, 11) is 1.45. The van der Waals surface area contributed by atoms with E-state index in [1.165, 1.54) is 54.4 Å². The second kappa shape index (κ2) is 14.1. The van der Waals surface area contributed by atoms with E-state index in [9.17, 15) is 22.8 Å². The maximum atomic E-state index is 13.0. The van der Waals surface area contributed by atoms with Gasteiger partial charge in [0.15, 0.2) is 11.3 Å². The van der Waals surface area contributed by atoms with Crippen LogP contribution in [0.5, 0.6) is 17.2 Å². The number of alkyl halides is 3. The molecule has 2 aliphatic heterocycles. The molecule has 2 N–H and O–H groups in total. The van der Waals surface area contributed by atoms with Gasteiger partial charge in [0.05, 0.1) is 29.9 Å². The molecule has 242 valence electrons. The van der Waals surface area contributed by atoms with Gasteiger partial charge in [-0.25, -0.2) is 15.2 Å². The van der Waals surface area contributed by atoms with Crippen molar-refractivity contribution in [2.24, 2.45) is 9.98 Å². The molecule has 3 amide bonds. The van der Waals surface area contributed by atoms with Crippen molar-refractivity contribution >= 4 is 52.3 Å². The van der Waals surface area contributed by atoms with Crippen LogP contribution in [0.15, 0.2) is 70.6 Å². The van der Waals surface area contributed by atoms with Crippen LogP contribution in [-0.4, -0.2) is 55.4 Å². The Bertz CT molecular complexity index is 1650. The van der Waals surface area contributed by atoms with Crippen LogP contribution in [-0.2, 0) is 11.2 Å². The van der Waals surface area contributed by atoms with Crippen LogP contribution < -0.4 is 34.9 Å². The highest BCUT2D eigenvalue weighted by Crippen LogP contribution is 2.33. The van der Waals surface area contributed by atoms with E-state index in [0.717, 1.165) is 29.7 Å². The van der Waals surface area contributed by atoms with Crippen LogP contribution in [0.2, 0.25) is 0 Å². The van der Waals surface area contributed by atoms with Crippen molar-refractivity contribution in [3.8, 4) is 17.2 Å². The van der Waals surface area contributed by atoms with Gasteiger partial charge in [-0.15, -0.1) is 13.2 Å². The maximum Gasteiger partial charge on any atom is 0.573 e. The standard InChI is InChI=1S/C31H31F3N6O5S/c1-4-5-20-7-6-19(2)14-25(20)40-28(41)17-46-30(40)37-29(42)36-24-13-12-23(15-26(24)43-3)44-16-27-35-18-39(38-27)21-8-10-22(11-9-21)45-31(32,33)34/h6-15,18,27,38H,4-5,16-17H2,1-3H3,(H,36,42)/b37-30-. The molecule has 0 aromatic heterocycles. The minimum Gasteiger partial charge on any atom is -0.494 e. The Morgan fingerprint density at radius 3 is 2.61 bits per heavy atom. The minimum absolute atomic E-state index is 0.116. The predicted molar refractivity (Wildman–Crippen MR) is 171 cm³/mol. The van der Waals surface area contributed by atoms with Gasteiger partial charge >= 0.3 is 12.4 Å². The molecule has 2 heterocycles. The molecule has 1 unspecified atom stereocenters. The van der Waals surface area contributed by atoms with Gasteiger partial charge in [0, 0.05) is 6.07 Å². The number of urea groups is 1. The van der Waals surface area contributed by atoms with Crippen molar-refractivity contribution < 1.29 is 37.0 Å². The summed E-state index contributed by atoms with van der Waals surface area (Å²) in [6.45, 7) is 4.13. The monoisotopic (exact) mass is 656 g/mol. The fourth-order valence-corrected chi connectivity index (χ4v) is 5.58. The molecule has 0 saturated carbocycles. The molecule has 11 nitrogen and oxygen atoms in total. The number of nitrogens with zero attached hydrogens (tertiary/aromatic N) is 4. The molecule has 0 radical (unpaired) electrons. The maximum absolute atomic E-state index is 13.0. The first-order valence-electron chi connectivity index (χ1n) is 14.2. The molecule has 46 heavy (non-hydrogen) atoms. The number of carbonyl (C=O) groups excluding carboxylic acids is 2. The van der Waals surface area contributed by atoms with Gasteiger partial charge in [0.25, 0.3) is 0 Å². The third-order valence-corrected chi connectivity index (χ3v) is 7.71. The van der Waals surface area contributed by atoms with Gasteiger partial charge < -0.3 is 19.5 Å². The van der Waals surface area contributed by atoms with Crippen LogP contribution in [0.25, 0.3) is 0 Å². The summed E-state index contributed by atoms with van der Waals surface area (Å²) in [6.07, 6.45) is -2.06. The Kier molecular flexibility index (Phi) is 10.0. The number of amidine groups is 1. The molecule has 15 heteroatoms. The lowest BCUT2D eigenvalue weighted by molar-refractivity contribution is -0.274. The van der Waals surface area contributed by atoms with E-state index in [2.05, 4.69) is 32.4 Å². The zero-order chi connectivity index (χ0) is 32.8. The van der Waals surface area contributed by atoms with Crippen molar-refractivity contribution in [3.05, 3.63) is 71.8 Å². The van der Waals surface area contributed by atoms with Gasteiger partial charge in [0.1, 0.15) is 30.2 Å². The average molecular weight is 657 g/mol. The number of thioether (sulfide) groups is 1. The Morgan fingerprint density at radius 1 is 1.13 bits per heavy atom. The largest absolute Gasteiger partial charge is 0.573 e. The third-order valence-electron chi connectivity index (χ3n) is 6.78. The number of halogens is 3. The normalized spacial score (nSPS) is 17.1. The number of amides is 3. The number of nitrogens with one attached hydrogen (secondary N) is 2. The van der Waals surface area contributed by atoms with E-state index in [1.807, 2.05) is 25.1 Å². The number of aryl methyl sites for hydroxylation is 2. The molecule has 1 fully saturated rings. The van der Waals surface area contributed by atoms with Crippen molar-refractivity contribution in [3.63, 3.8) is 0 Å². The van der Waals surface area contributed by atoms with E-state index in [4.69, 9.17) is 9.47 Å². The number of hydrogen-bond donors (Lipinski definition) is 2. The molecule has 0 bridgehead atoms. The average Bonchev–Trinajstić information content (AvgIpc) is 3.63. The van der Waals surface area contributed by atoms with E-state index >= 15 is 0 Å². The molecule has 2 aliphatic rings. The quantitative estimate of drug-likeness (QED) is 0.262. The van der Waals surface area contributed by atoms with Crippen LogP contribution in [0.1, 0.15) is 24.5 Å². The van der Waals surface area contributed by atoms with Gasteiger partial charge in [-0.2, -0.15) is 4.99 Å². The number of carbonyl (C=O) groups is 2. The van der Waals surface area contributed by atoms with Crippen LogP contribution in [0.4, 0.5) is 35.0 Å². The highest BCUT2D eigenvalue weighted by molar-refractivity contribution is 8.15. The number of rotatable bonds is 10. The highest BCUT2D eigenvalue weighted by atomic mass is 32.2. The van der Waals surface area contributed by atoms with Gasteiger partial charge in [0.2, 0.25) is 5.91 Å². The van der Waals surface area contributed by atoms with E-state index < -0.39 is 18.6 Å². The summed E-state index contributed by atoms with van der Waals surface area (Å²) in [4.78, 5) is 35.9. The number of anilines is 3. The van der Waals surface area contributed by atoms with Crippen molar-refractivity contribution in [1.82, 2.24) is 5.43 Å². The van der Waals surface area contributed by atoms with Gasteiger partial charge in [-0.1, -0.05) is 37.2 Å². The summed E-state index contributed by atoms with van der Waals surface area (Å²) in [5, 5.41) is 4.57. The number of ether oxygens (including phenoxy) is 3. The molecule has 0 spiro atoms. The van der Waals surface area contributed by atoms with Crippen LogP contribution >= 0.6 is 11.8 Å². The lowest BCUT2D eigenvalue weighted by Crippen LogP contribution is -2.39. The first-order valence-corrected chi connectivity index (χ1v) is 15.2. The lowest BCUT2D eigenvalue weighted by Gasteiger charge is -2.20. The summed E-state index contributed by atoms with van der Waals surface area (Å²) in [6, 6.07) is 15.4. The Balaban J connectivity index is 1.19. The number of hydrogen-bond acceptors (Lipinski definition) is 9. The summed E-state index contributed by atoms with van der Waals surface area (Å²) < 4.78 is 52.5. The smallest absolute Gasteiger partial charge is 0.494 e. The zero-order valence-corrected chi connectivity index (χ0v) is 25.9. The molecule has 1 saturated heterocycles. The molecular weight excluding hydrogens is 625 g/mol. The molecule has 3 aromatic rings. The predicted octanol–water partition coefficient (Wildman–Crippen LogP) is 6.28. The van der Waals surface area contributed by atoms with Gasteiger partial charge in [-0.05, 0) is 66.9 Å². The Hall–Kier alpha value is -4.76. The van der Waals surface area contributed by atoms with Gasteiger partial charge in [-0.3, -0.25) is 14.7 Å². The number of aliphatic imine (C=N–C) groups is 2. The fraction of sp³-hybridized carbons (Fsp3) is 0.290. The second-order valence-corrected chi connectivity index (χ2v) is 11.2. The lowest BCUT2D eigenvalue weighted by atomic mass is 10.0. The molecule has 1 atom stereocenters. The summed E-state index contributed by atoms with van der Waals surface area (Å²) in [5.74, 6) is 0.480. The number of hydrazine groups is 1. The van der Waals surface area contributed by atoms with E-state index in [-0.39, 0.29) is 24.0 Å². The second-order valence-electron chi connectivity index (χ2n) is 10.2. The zero-order valence-electron chi connectivity index (χ0n) is 25.1. The van der Waals surface area contributed by atoms with E-state index in [1.54, 1.807) is 23.2 Å². The molecule has 0 aliphatic carbocycles. The molecule has 3 aromatic carbocycles. The first-order chi connectivity index (χ1) is 22.0. The topological polar surface area (TPSA) is 117 Å². The SMILES string of the molecule is CCCc1ccc(C)cc1N1C(=O)CS/C1=N\C(=O)Nc1ccc(OCC2N=CN(c3ccc(OC(F)(F)F)cc3)N2)cc1OC. The Morgan fingerprint density at radius 2 is 1.89 bits per heavy atom. The van der Waals surface area contributed by atoms with Crippen molar-refractivity contribution in [2.45, 2.75) is 39.2 Å². The van der Waals surface area contributed by atoms with E-state index in [0.29, 0.717) is 28.0 Å². The molecule has 5 rings (SSSR count). The van der Waals surface area contributed by atoms with Crippen LogP contribution in [0, 0.1) is 6.92 Å². The summed E-state index contributed by atoms with van der Waals surface area (Å²) in [5.41, 5.74) is 6.71. The number of benzene rings is 3. The fourth-order valence-electron chi connectivity index (χ4n) is 4.72. The van der Waals surface area contributed by atoms with Crippen molar-refractivity contribution in [2.75, 3.05) is 34.7 Å². The number of methoxy groups -OCH3 is 1. The highest BCUT2D eigenvalue weighted by Gasteiger charge is 2.32.